The highest BCUT2D eigenvalue weighted by molar-refractivity contribution is 14.1. The average Bonchev–Trinajstić information content (AvgIpc) is 2.79. The number of hydrogen-bond donors (Lipinski definition) is 2. The molecule has 0 heterocycles. The molecule has 18 heavy (non-hydrogen) atoms. The molecule has 0 radical (unpaired) electrons. The Labute approximate surface area is 121 Å². The summed E-state index contributed by atoms with van der Waals surface area (Å²) in [6, 6.07) is 5.89. The van der Waals surface area contributed by atoms with E-state index in [2.05, 4.69) is 27.9 Å². The fraction of sp³-hybridized carbons (Fsp3) is 0.500. The Hall–Kier alpha value is -0.620. The van der Waals surface area contributed by atoms with E-state index < -0.39 is 0 Å². The quantitative estimate of drug-likeness (QED) is 0.815. The molecule has 0 aliphatic heterocycles. The predicted molar refractivity (Wildman–Crippen MR) is 79.6 cm³/mol. The normalized spacial score (nSPS) is 23.1. The third-order valence-electron chi connectivity index (χ3n) is 3.65. The highest BCUT2D eigenvalue weighted by Gasteiger charge is 2.28. The molecule has 1 aromatic carbocycles. The number of aryl methyl sites for hydroxylation is 1. The molecule has 2 atom stereocenters. The van der Waals surface area contributed by atoms with Crippen LogP contribution in [0.25, 0.3) is 0 Å². The van der Waals surface area contributed by atoms with Gasteiger partial charge < -0.3 is 10.4 Å². The van der Waals surface area contributed by atoms with Gasteiger partial charge in [-0.15, -0.1) is 0 Å². The fourth-order valence-corrected chi connectivity index (χ4v) is 3.12. The second kappa shape index (κ2) is 6.02. The van der Waals surface area contributed by atoms with Crippen LogP contribution in [0.15, 0.2) is 18.2 Å². The van der Waals surface area contributed by atoms with Gasteiger partial charge in [0, 0.05) is 22.1 Å². The van der Waals surface area contributed by atoms with Crippen LogP contribution in [0.2, 0.25) is 0 Å². The second-order valence-corrected chi connectivity index (χ2v) is 5.97. The third-order valence-corrected chi connectivity index (χ3v) is 5.08. The minimum absolute atomic E-state index is 0.0200. The van der Waals surface area contributed by atoms with Gasteiger partial charge in [0.05, 0.1) is 5.56 Å². The molecule has 2 rings (SSSR count). The van der Waals surface area contributed by atoms with Crippen molar-refractivity contribution in [3.63, 3.8) is 0 Å². The molecule has 1 aliphatic rings. The van der Waals surface area contributed by atoms with E-state index in [9.17, 15) is 9.90 Å². The zero-order valence-corrected chi connectivity index (χ0v) is 12.6. The summed E-state index contributed by atoms with van der Waals surface area (Å²) in [6.45, 7) is 2.17. The largest absolute Gasteiger partial charge is 0.396 e. The molecular formula is C14H18INO2. The van der Waals surface area contributed by atoms with Crippen LogP contribution in [-0.2, 0) is 0 Å². The maximum Gasteiger partial charge on any atom is 0.252 e. The smallest absolute Gasteiger partial charge is 0.252 e. The van der Waals surface area contributed by atoms with Crippen LogP contribution in [0.1, 0.15) is 35.2 Å². The van der Waals surface area contributed by atoms with E-state index in [-0.39, 0.29) is 24.5 Å². The average molecular weight is 359 g/mol. The fourth-order valence-electron chi connectivity index (χ4n) is 2.51. The molecule has 2 unspecified atom stereocenters. The first kappa shape index (κ1) is 13.8. The maximum absolute atomic E-state index is 12.2. The number of halogens is 1. The van der Waals surface area contributed by atoms with Gasteiger partial charge in [-0.3, -0.25) is 4.79 Å². The van der Waals surface area contributed by atoms with Crippen LogP contribution < -0.4 is 5.32 Å². The van der Waals surface area contributed by atoms with Crippen molar-refractivity contribution >= 4 is 28.5 Å². The monoisotopic (exact) mass is 359 g/mol. The predicted octanol–water partition coefficient (Wildman–Crippen LogP) is 2.49. The lowest BCUT2D eigenvalue weighted by molar-refractivity contribution is 0.0915. The first-order valence-electron chi connectivity index (χ1n) is 6.30. The van der Waals surface area contributed by atoms with Gasteiger partial charge in [-0.1, -0.05) is 18.6 Å². The van der Waals surface area contributed by atoms with Crippen molar-refractivity contribution in [2.45, 2.75) is 32.2 Å². The number of rotatable bonds is 3. The third kappa shape index (κ3) is 2.85. The first-order chi connectivity index (χ1) is 8.63. The molecule has 0 bridgehead atoms. The Bertz CT molecular complexity index is 447. The maximum atomic E-state index is 12.2. The minimum atomic E-state index is -0.0200. The van der Waals surface area contributed by atoms with E-state index in [1.165, 1.54) is 0 Å². The second-order valence-electron chi connectivity index (χ2n) is 4.89. The van der Waals surface area contributed by atoms with Gasteiger partial charge in [0.15, 0.2) is 0 Å². The van der Waals surface area contributed by atoms with Crippen molar-refractivity contribution in [2.75, 3.05) is 6.61 Å². The van der Waals surface area contributed by atoms with E-state index in [4.69, 9.17) is 0 Å². The summed E-state index contributed by atoms with van der Waals surface area (Å²) in [4.78, 5) is 12.2. The van der Waals surface area contributed by atoms with Gasteiger partial charge in [-0.25, -0.2) is 0 Å². The summed E-state index contributed by atoms with van der Waals surface area (Å²) in [5, 5.41) is 12.3. The number of amides is 1. The van der Waals surface area contributed by atoms with Gasteiger partial charge in [0.2, 0.25) is 0 Å². The van der Waals surface area contributed by atoms with E-state index in [0.29, 0.717) is 0 Å². The zero-order valence-electron chi connectivity index (χ0n) is 10.4. The number of carbonyl (C=O) groups excluding carboxylic acids is 1. The number of hydrogen-bond acceptors (Lipinski definition) is 2. The zero-order chi connectivity index (χ0) is 13.1. The molecule has 1 saturated carbocycles. The molecule has 3 nitrogen and oxygen atoms in total. The van der Waals surface area contributed by atoms with Crippen molar-refractivity contribution in [3.8, 4) is 0 Å². The van der Waals surface area contributed by atoms with Gasteiger partial charge in [0.25, 0.3) is 5.91 Å². The lowest BCUT2D eigenvalue weighted by Gasteiger charge is -2.19. The van der Waals surface area contributed by atoms with Crippen LogP contribution in [0.5, 0.6) is 0 Å². The summed E-state index contributed by atoms with van der Waals surface area (Å²) in [5.74, 6) is 0.199. The Balaban J connectivity index is 2.10. The van der Waals surface area contributed by atoms with Crippen LogP contribution >= 0.6 is 22.6 Å². The van der Waals surface area contributed by atoms with E-state index >= 15 is 0 Å². The molecule has 4 heteroatoms. The Kier molecular flexibility index (Phi) is 4.61. The van der Waals surface area contributed by atoms with E-state index in [0.717, 1.165) is 34.0 Å². The topological polar surface area (TPSA) is 49.3 Å². The first-order valence-corrected chi connectivity index (χ1v) is 7.38. The molecule has 1 aromatic rings. The summed E-state index contributed by atoms with van der Waals surface area (Å²) in [7, 11) is 0. The van der Waals surface area contributed by atoms with Crippen LogP contribution in [-0.4, -0.2) is 23.7 Å². The number of aliphatic hydroxyl groups excluding tert-OH is 1. The SMILES string of the molecule is Cc1cccc(C(=O)NC2CCCC2CO)c1I. The van der Waals surface area contributed by atoms with Crippen LogP contribution in [0.4, 0.5) is 0 Å². The van der Waals surface area contributed by atoms with Crippen molar-refractivity contribution in [3.05, 3.63) is 32.9 Å². The van der Waals surface area contributed by atoms with Crippen molar-refractivity contribution in [2.24, 2.45) is 5.92 Å². The lowest BCUT2D eigenvalue weighted by atomic mass is 10.0. The summed E-state index contributed by atoms with van der Waals surface area (Å²) >= 11 is 2.21. The number of aliphatic hydroxyl groups is 1. The molecule has 98 valence electrons. The number of carbonyl (C=O) groups is 1. The highest BCUT2D eigenvalue weighted by Crippen LogP contribution is 2.26. The molecule has 0 aromatic heterocycles. The number of benzene rings is 1. The molecule has 1 aliphatic carbocycles. The molecule has 2 N–H and O–H groups in total. The van der Waals surface area contributed by atoms with Crippen LogP contribution in [0, 0.1) is 16.4 Å². The molecular weight excluding hydrogens is 341 g/mol. The standard InChI is InChI=1S/C14H18INO2/c1-9-4-2-6-11(13(9)15)14(18)16-12-7-3-5-10(12)8-17/h2,4,6,10,12,17H,3,5,7-8H2,1H3,(H,16,18). The Morgan fingerprint density at radius 2 is 2.28 bits per heavy atom. The molecule has 1 amide bonds. The highest BCUT2D eigenvalue weighted by atomic mass is 127. The summed E-state index contributed by atoms with van der Waals surface area (Å²) in [5.41, 5.74) is 1.85. The Morgan fingerprint density at radius 1 is 1.50 bits per heavy atom. The minimum Gasteiger partial charge on any atom is -0.396 e. The molecule has 0 saturated heterocycles. The summed E-state index contributed by atoms with van der Waals surface area (Å²) in [6.07, 6.45) is 3.06. The number of nitrogens with one attached hydrogen (secondary N) is 1. The van der Waals surface area contributed by atoms with E-state index in [1.807, 2.05) is 25.1 Å². The molecule has 1 fully saturated rings. The van der Waals surface area contributed by atoms with Gasteiger partial charge in [-0.05, 0) is 54.0 Å². The Morgan fingerprint density at radius 3 is 3.00 bits per heavy atom. The van der Waals surface area contributed by atoms with Crippen LogP contribution in [0.3, 0.4) is 0 Å². The van der Waals surface area contributed by atoms with Gasteiger partial charge in [-0.2, -0.15) is 0 Å². The lowest BCUT2D eigenvalue weighted by Crippen LogP contribution is -2.38. The van der Waals surface area contributed by atoms with Gasteiger partial charge in [0.1, 0.15) is 0 Å². The van der Waals surface area contributed by atoms with Crippen molar-refractivity contribution in [1.82, 2.24) is 5.32 Å². The summed E-state index contributed by atoms with van der Waals surface area (Å²) < 4.78 is 1.01. The van der Waals surface area contributed by atoms with E-state index in [1.54, 1.807) is 0 Å². The molecule has 0 spiro atoms. The van der Waals surface area contributed by atoms with Crippen molar-refractivity contribution < 1.29 is 9.90 Å². The van der Waals surface area contributed by atoms with Gasteiger partial charge >= 0.3 is 0 Å². The van der Waals surface area contributed by atoms with Crippen molar-refractivity contribution in [1.29, 1.82) is 0 Å².